The molecular weight excluding hydrogens is 783 g/mol. The van der Waals surface area contributed by atoms with Gasteiger partial charge in [-0.15, -0.1) is 4.40 Å². The van der Waals surface area contributed by atoms with Gasteiger partial charge in [-0.25, -0.2) is 4.98 Å². The number of hydrogen-bond donors (Lipinski definition) is 3. The molecule has 0 saturated carbocycles. The van der Waals surface area contributed by atoms with Crippen molar-refractivity contribution in [1.82, 2.24) is 4.98 Å². The van der Waals surface area contributed by atoms with E-state index in [-0.39, 0.29) is 33.2 Å². The van der Waals surface area contributed by atoms with Crippen LogP contribution in [-0.2, 0) is 15.4 Å². The first-order valence-corrected chi connectivity index (χ1v) is 21.5. The Hall–Kier alpha value is -6.98. The van der Waals surface area contributed by atoms with Crippen molar-refractivity contribution in [2.24, 2.45) is 9.81 Å². The first kappa shape index (κ1) is 39.5. The van der Waals surface area contributed by atoms with Crippen LogP contribution in [-0.4, -0.2) is 32.1 Å². The van der Waals surface area contributed by atoms with E-state index in [1.54, 1.807) is 31.4 Å². The van der Waals surface area contributed by atoms with E-state index < -0.39 is 10.0 Å². The summed E-state index contributed by atoms with van der Waals surface area (Å²) in [5, 5.41) is 10.8. The number of carbonyl (C=O) groups excluding carboxylic acids is 1. The van der Waals surface area contributed by atoms with E-state index in [0.29, 0.717) is 73.0 Å². The molecule has 2 aliphatic rings. The van der Waals surface area contributed by atoms with Crippen LogP contribution < -0.4 is 25.4 Å². The van der Waals surface area contributed by atoms with E-state index in [9.17, 15) is 13.2 Å². The van der Waals surface area contributed by atoms with Gasteiger partial charge in [-0.05, 0) is 89.0 Å². The summed E-state index contributed by atoms with van der Waals surface area (Å²) in [6.45, 7) is 11.3. The highest BCUT2D eigenvalue weighted by Gasteiger charge is 2.37. The average molecular weight is 828 g/mol. The molecule has 1 aliphatic carbocycles. The zero-order chi connectivity index (χ0) is 42.7. The van der Waals surface area contributed by atoms with Crippen LogP contribution in [0, 0.1) is 5.41 Å². The summed E-state index contributed by atoms with van der Waals surface area (Å²) in [7, 11) is -2.57. The van der Waals surface area contributed by atoms with Gasteiger partial charge in [0.15, 0.2) is 17.4 Å². The van der Waals surface area contributed by atoms with E-state index in [0.717, 1.165) is 12.1 Å². The molecule has 6 aromatic carbocycles. The molecule has 0 unspecified atom stereocenters. The number of rotatable bonds is 10. The van der Waals surface area contributed by atoms with Crippen LogP contribution in [0.3, 0.4) is 0 Å². The summed E-state index contributed by atoms with van der Waals surface area (Å²) in [6, 6.07) is 40.9. The minimum absolute atomic E-state index is 0.0477. The second-order valence-electron chi connectivity index (χ2n) is 17.2. The number of pyridine rings is 1. The van der Waals surface area contributed by atoms with Gasteiger partial charge in [-0.2, -0.15) is 8.42 Å². The Bertz CT molecular complexity index is 3010. The zero-order valence-electron chi connectivity index (χ0n) is 34.8. The summed E-state index contributed by atoms with van der Waals surface area (Å²) < 4.78 is 44.6. The predicted molar refractivity (Wildman–Crippen MR) is 244 cm³/mol. The van der Waals surface area contributed by atoms with Crippen LogP contribution in [0.4, 0.5) is 28.6 Å². The smallest absolute Gasteiger partial charge is 0.286 e. The molecule has 11 heteroatoms. The van der Waals surface area contributed by atoms with Crippen LogP contribution in [0.25, 0.3) is 22.0 Å². The number of anilines is 5. The fourth-order valence-corrected chi connectivity index (χ4v) is 9.81. The number of sulfonamides is 1. The predicted octanol–water partition coefficient (Wildman–Crippen LogP) is 12.0. The Morgan fingerprint density at radius 3 is 2.03 bits per heavy atom. The minimum Gasteiger partial charge on any atom is -0.497 e. The number of carbonyl (C=O) groups is 1. The molecule has 0 atom stereocenters. The number of ether oxygens (including phenoxy) is 2. The normalized spacial score (nSPS) is 14.0. The molecule has 10 nitrogen and oxygen atoms in total. The van der Waals surface area contributed by atoms with E-state index in [4.69, 9.17) is 14.5 Å². The SMILES string of the molecule is COc1ccc(Nc2nc3c(Oc4ccc(C(C)(C)CC(C)(C)C)cc4)cc(Nc4ccccc4)c4c3c(c2C2=NS(=O)(=O)c3ccccc3N2)-c2ccccc2C4=O)cc1. The topological polar surface area (TPSA) is 131 Å². The lowest BCUT2D eigenvalue weighted by Gasteiger charge is -2.33. The average Bonchev–Trinajstić information content (AvgIpc) is 3.23. The maximum atomic E-state index is 14.9. The first-order chi connectivity index (χ1) is 29.2. The van der Waals surface area contributed by atoms with E-state index in [1.807, 2.05) is 91.0 Å². The van der Waals surface area contributed by atoms with E-state index in [2.05, 4.69) is 67.1 Å². The maximum Gasteiger partial charge on any atom is 0.286 e. The molecule has 3 N–H and O–H groups in total. The Kier molecular flexibility index (Phi) is 9.66. The van der Waals surface area contributed by atoms with Crippen molar-refractivity contribution in [1.29, 1.82) is 0 Å². The number of amidine groups is 1. The third-order valence-corrected chi connectivity index (χ3v) is 12.3. The molecule has 61 heavy (non-hydrogen) atoms. The molecule has 2 heterocycles. The van der Waals surface area contributed by atoms with Crippen molar-refractivity contribution in [3.8, 4) is 28.4 Å². The van der Waals surface area contributed by atoms with Gasteiger partial charge in [0.05, 0.1) is 29.6 Å². The van der Waals surface area contributed by atoms with Crippen molar-refractivity contribution < 1.29 is 22.7 Å². The fraction of sp³-hybridized carbons (Fsp3) is 0.180. The number of fused-ring (bicyclic) bond motifs is 3. The van der Waals surface area contributed by atoms with Crippen molar-refractivity contribution in [2.75, 3.05) is 23.1 Å². The van der Waals surface area contributed by atoms with Gasteiger partial charge in [0.25, 0.3) is 10.0 Å². The summed E-state index contributed by atoms with van der Waals surface area (Å²) >= 11 is 0. The molecule has 0 bridgehead atoms. The zero-order valence-corrected chi connectivity index (χ0v) is 35.6. The highest BCUT2D eigenvalue weighted by Crippen LogP contribution is 2.50. The number of aromatic nitrogens is 1. The lowest BCUT2D eigenvalue weighted by Crippen LogP contribution is -2.26. The van der Waals surface area contributed by atoms with Crippen LogP contribution in [0.15, 0.2) is 143 Å². The van der Waals surface area contributed by atoms with Gasteiger partial charge in [0.1, 0.15) is 27.7 Å². The molecule has 9 rings (SSSR count). The van der Waals surface area contributed by atoms with Gasteiger partial charge < -0.3 is 25.4 Å². The van der Waals surface area contributed by atoms with E-state index >= 15 is 0 Å². The third-order valence-electron chi connectivity index (χ3n) is 11.0. The number of ketones is 1. The fourth-order valence-electron chi connectivity index (χ4n) is 8.69. The van der Waals surface area contributed by atoms with Gasteiger partial charge in [0.2, 0.25) is 0 Å². The Balaban J connectivity index is 1.34. The quantitative estimate of drug-likeness (QED) is 0.123. The highest BCUT2D eigenvalue weighted by molar-refractivity contribution is 7.90. The van der Waals surface area contributed by atoms with Crippen molar-refractivity contribution in [3.63, 3.8) is 0 Å². The molecule has 1 aliphatic heterocycles. The molecule has 0 spiro atoms. The van der Waals surface area contributed by atoms with Gasteiger partial charge in [-0.3, -0.25) is 4.79 Å². The lowest BCUT2D eigenvalue weighted by atomic mass is 9.72. The van der Waals surface area contributed by atoms with Crippen LogP contribution in [0.2, 0.25) is 0 Å². The summed E-state index contributed by atoms with van der Waals surface area (Å²) in [6.07, 6.45) is 0.988. The molecule has 7 aromatic rings. The summed E-state index contributed by atoms with van der Waals surface area (Å²) in [5.41, 5.74) is 6.23. The summed E-state index contributed by atoms with van der Waals surface area (Å²) in [5.74, 6) is 1.74. The molecular formula is C50H45N5O5S. The maximum absolute atomic E-state index is 14.9. The van der Waals surface area contributed by atoms with Crippen LogP contribution >= 0.6 is 0 Å². The lowest BCUT2D eigenvalue weighted by molar-refractivity contribution is 0.104. The molecule has 0 amide bonds. The number of methoxy groups -OCH3 is 1. The number of benzene rings is 6. The van der Waals surface area contributed by atoms with Crippen molar-refractivity contribution >= 4 is 61.1 Å². The number of para-hydroxylation sites is 2. The van der Waals surface area contributed by atoms with Gasteiger partial charge >= 0.3 is 0 Å². The Morgan fingerprint density at radius 2 is 1.33 bits per heavy atom. The Labute approximate surface area is 355 Å². The minimum atomic E-state index is -4.17. The number of nitrogens with one attached hydrogen (secondary N) is 3. The van der Waals surface area contributed by atoms with Crippen LogP contribution in [0.5, 0.6) is 17.2 Å². The van der Waals surface area contributed by atoms with E-state index in [1.165, 1.54) is 11.6 Å². The van der Waals surface area contributed by atoms with Gasteiger partial charge in [-0.1, -0.05) is 101 Å². The van der Waals surface area contributed by atoms with Crippen molar-refractivity contribution in [3.05, 3.63) is 156 Å². The number of nitrogens with zero attached hydrogens (tertiary/aromatic N) is 2. The standard InChI is InChI=1S/C50H45N5O5S/c1-49(2,3)29-50(4,5)30-20-24-34(25-21-30)60-39-28-38(51-31-14-8-7-9-15-31)42-43-41(35-16-10-11-17-36(35)46(42)56)44(48-53-37-18-12-13-19-40(37)61(57,58)55-48)47(54-45(39)43)52-32-22-26-33(59-6)27-23-32/h7-28,51H,29H2,1-6H3,(H,52,54)(H,53,55). The van der Waals surface area contributed by atoms with Crippen molar-refractivity contribution in [2.45, 2.75) is 51.3 Å². The van der Waals surface area contributed by atoms with Gasteiger partial charge in [0, 0.05) is 34.0 Å². The molecule has 0 saturated heterocycles. The first-order valence-electron chi connectivity index (χ1n) is 20.1. The second kappa shape index (κ2) is 14.9. The number of hydrogen-bond acceptors (Lipinski definition) is 9. The molecule has 1 aromatic heterocycles. The Morgan fingerprint density at radius 1 is 0.689 bits per heavy atom. The molecule has 0 radical (unpaired) electrons. The summed E-state index contributed by atoms with van der Waals surface area (Å²) in [4.78, 5) is 20.3. The van der Waals surface area contributed by atoms with Crippen LogP contribution in [0.1, 0.15) is 68.1 Å². The molecule has 0 fully saturated rings. The second-order valence-corrected chi connectivity index (χ2v) is 18.8. The molecule has 306 valence electrons. The monoisotopic (exact) mass is 827 g/mol. The largest absolute Gasteiger partial charge is 0.497 e. The highest BCUT2D eigenvalue weighted by atomic mass is 32.2. The third kappa shape index (κ3) is 7.46.